The summed E-state index contributed by atoms with van der Waals surface area (Å²) in [6.45, 7) is 0. The fourth-order valence-corrected chi connectivity index (χ4v) is 2.97. The van der Waals surface area contributed by atoms with Crippen LogP contribution in [0.15, 0.2) is 0 Å². The molecular formula is C11H22IN. The van der Waals surface area contributed by atoms with E-state index in [9.17, 15) is 0 Å². The van der Waals surface area contributed by atoms with Crippen LogP contribution in [0.1, 0.15) is 51.4 Å². The Hall–Kier alpha value is 0.690. The highest BCUT2D eigenvalue weighted by molar-refractivity contribution is 14.1. The molecule has 78 valence electrons. The second kappa shape index (κ2) is 7.04. The third kappa shape index (κ3) is 5.21. The van der Waals surface area contributed by atoms with Crippen molar-refractivity contribution < 1.29 is 0 Å². The van der Waals surface area contributed by atoms with Crippen LogP contribution >= 0.6 is 22.6 Å². The van der Waals surface area contributed by atoms with Gasteiger partial charge in [-0.15, -0.1) is 0 Å². The summed E-state index contributed by atoms with van der Waals surface area (Å²) in [4.78, 5) is 0. The summed E-state index contributed by atoms with van der Waals surface area (Å²) in [6.07, 6.45) is 11.4. The highest BCUT2D eigenvalue weighted by Crippen LogP contribution is 2.21. The number of rotatable bonds is 1. The minimum atomic E-state index is 0.797. The van der Waals surface area contributed by atoms with Crippen molar-refractivity contribution in [3.8, 4) is 0 Å². The summed E-state index contributed by atoms with van der Waals surface area (Å²) in [5, 5.41) is 3.43. The van der Waals surface area contributed by atoms with Crippen molar-refractivity contribution in [2.45, 2.75) is 61.3 Å². The van der Waals surface area contributed by atoms with E-state index in [1.165, 1.54) is 51.4 Å². The summed E-state index contributed by atoms with van der Waals surface area (Å²) in [5.41, 5.74) is 0. The van der Waals surface area contributed by atoms with Gasteiger partial charge in [-0.25, -0.2) is 0 Å². The Labute approximate surface area is 96.2 Å². The Balaban J connectivity index is 2.24. The van der Waals surface area contributed by atoms with Crippen molar-refractivity contribution in [1.29, 1.82) is 0 Å². The molecule has 1 nitrogen and oxygen atoms in total. The molecule has 0 atom stereocenters. The van der Waals surface area contributed by atoms with Crippen LogP contribution in [-0.4, -0.2) is 17.0 Å². The molecule has 0 amide bonds. The topological polar surface area (TPSA) is 12.0 Å². The van der Waals surface area contributed by atoms with Crippen LogP contribution in [0.25, 0.3) is 0 Å². The highest BCUT2D eigenvalue weighted by atomic mass is 127. The Morgan fingerprint density at radius 2 is 1.38 bits per heavy atom. The molecular weight excluding hydrogens is 273 g/mol. The van der Waals surface area contributed by atoms with Gasteiger partial charge in [-0.3, -0.25) is 0 Å². The SMILES string of the molecule is CNC1CCCCC(I)CCCC1. The maximum absolute atomic E-state index is 3.43. The zero-order valence-corrected chi connectivity index (χ0v) is 10.8. The lowest BCUT2D eigenvalue weighted by Crippen LogP contribution is -2.25. The molecule has 0 saturated heterocycles. The average molecular weight is 295 g/mol. The first kappa shape index (κ1) is 11.8. The number of hydrogen-bond donors (Lipinski definition) is 1. The zero-order valence-electron chi connectivity index (χ0n) is 8.69. The first-order chi connectivity index (χ1) is 6.33. The molecule has 1 aliphatic rings. The van der Waals surface area contributed by atoms with Crippen molar-refractivity contribution in [2.75, 3.05) is 7.05 Å². The summed E-state index contributed by atoms with van der Waals surface area (Å²) in [7, 11) is 2.11. The van der Waals surface area contributed by atoms with Gasteiger partial charge in [-0.1, -0.05) is 48.3 Å². The molecule has 1 fully saturated rings. The third-order valence-electron chi connectivity index (χ3n) is 3.05. The summed E-state index contributed by atoms with van der Waals surface area (Å²) in [6, 6.07) is 0.797. The van der Waals surface area contributed by atoms with Gasteiger partial charge in [0.25, 0.3) is 0 Å². The predicted molar refractivity (Wildman–Crippen MR) is 67.6 cm³/mol. The van der Waals surface area contributed by atoms with Gasteiger partial charge in [0.05, 0.1) is 0 Å². The molecule has 2 heteroatoms. The maximum atomic E-state index is 3.43. The number of nitrogens with one attached hydrogen (secondary N) is 1. The molecule has 0 aliphatic heterocycles. The highest BCUT2D eigenvalue weighted by Gasteiger charge is 2.10. The first-order valence-corrected chi connectivity index (χ1v) is 6.89. The van der Waals surface area contributed by atoms with E-state index in [1.807, 2.05) is 0 Å². The number of alkyl halides is 1. The van der Waals surface area contributed by atoms with E-state index >= 15 is 0 Å². The lowest BCUT2D eigenvalue weighted by atomic mass is 9.98. The smallest absolute Gasteiger partial charge is 0.0110 e. The van der Waals surface area contributed by atoms with Gasteiger partial charge in [-0.2, -0.15) is 0 Å². The molecule has 13 heavy (non-hydrogen) atoms. The Morgan fingerprint density at radius 3 is 1.85 bits per heavy atom. The lowest BCUT2D eigenvalue weighted by Gasteiger charge is -2.19. The van der Waals surface area contributed by atoms with E-state index in [-0.39, 0.29) is 0 Å². The lowest BCUT2D eigenvalue weighted by molar-refractivity contribution is 0.425. The fraction of sp³-hybridized carbons (Fsp3) is 1.00. The molecule has 1 aliphatic carbocycles. The van der Waals surface area contributed by atoms with Gasteiger partial charge in [0, 0.05) is 9.97 Å². The fourth-order valence-electron chi connectivity index (χ4n) is 2.09. The first-order valence-electron chi connectivity index (χ1n) is 5.64. The standard InChI is InChI=1S/C11H22IN/c1-13-11-8-4-2-6-10(12)7-3-5-9-11/h10-11,13H,2-9H2,1H3. The normalized spacial score (nSPS) is 32.8. The molecule has 0 aromatic carbocycles. The summed E-state index contributed by atoms with van der Waals surface area (Å²) in [5.74, 6) is 0. The van der Waals surface area contributed by atoms with Crippen LogP contribution in [0.2, 0.25) is 0 Å². The van der Waals surface area contributed by atoms with E-state index in [1.54, 1.807) is 0 Å². The van der Waals surface area contributed by atoms with Gasteiger partial charge in [0.1, 0.15) is 0 Å². The van der Waals surface area contributed by atoms with Gasteiger partial charge in [-0.05, 0) is 32.7 Å². The molecule has 0 aromatic heterocycles. The minimum absolute atomic E-state index is 0.797. The van der Waals surface area contributed by atoms with E-state index in [2.05, 4.69) is 35.0 Å². The van der Waals surface area contributed by atoms with E-state index in [0.717, 1.165) is 9.97 Å². The van der Waals surface area contributed by atoms with E-state index in [4.69, 9.17) is 0 Å². The van der Waals surface area contributed by atoms with Crippen LogP contribution in [0.4, 0.5) is 0 Å². The summed E-state index contributed by atoms with van der Waals surface area (Å²) >= 11 is 2.63. The molecule has 0 aromatic rings. The third-order valence-corrected chi connectivity index (χ3v) is 4.29. The Kier molecular flexibility index (Phi) is 6.37. The molecule has 1 saturated carbocycles. The molecule has 0 radical (unpaired) electrons. The van der Waals surface area contributed by atoms with Crippen molar-refractivity contribution >= 4 is 22.6 Å². The van der Waals surface area contributed by atoms with Crippen LogP contribution < -0.4 is 5.32 Å². The maximum Gasteiger partial charge on any atom is 0.0110 e. The Bertz CT molecular complexity index is 115. The minimum Gasteiger partial charge on any atom is -0.317 e. The average Bonchev–Trinajstić information content (AvgIpc) is 2.16. The summed E-state index contributed by atoms with van der Waals surface area (Å²) < 4.78 is 0.948. The molecule has 0 spiro atoms. The molecule has 1 rings (SSSR count). The van der Waals surface area contributed by atoms with Gasteiger partial charge in [0.2, 0.25) is 0 Å². The molecule has 0 heterocycles. The van der Waals surface area contributed by atoms with E-state index < -0.39 is 0 Å². The zero-order chi connectivity index (χ0) is 9.52. The predicted octanol–water partition coefficient (Wildman–Crippen LogP) is 3.51. The molecule has 0 bridgehead atoms. The van der Waals surface area contributed by atoms with Gasteiger partial charge in [0.15, 0.2) is 0 Å². The molecule has 1 N–H and O–H groups in total. The monoisotopic (exact) mass is 295 g/mol. The van der Waals surface area contributed by atoms with Crippen molar-refractivity contribution in [2.24, 2.45) is 0 Å². The van der Waals surface area contributed by atoms with Crippen LogP contribution in [0.5, 0.6) is 0 Å². The van der Waals surface area contributed by atoms with Crippen molar-refractivity contribution in [1.82, 2.24) is 5.32 Å². The number of halogens is 1. The van der Waals surface area contributed by atoms with Gasteiger partial charge < -0.3 is 5.32 Å². The van der Waals surface area contributed by atoms with Crippen LogP contribution in [0, 0.1) is 0 Å². The molecule has 0 unspecified atom stereocenters. The quantitative estimate of drug-likeness (QED) is 0.576. The van der Waals surface area contributed by atoms with Crippen LogP contribution in [0.3, 0.4) is 0 Å². The van der Waals surface area contributed by atoms with E-state index in [0.29, 0.717) is 0 Å². The van der Waals surface area contributed by atoms with Crippen molar-refractivity contribution in [3.63, 3.8) is 0 Å². The van der Waals surface area contributed by atoms with Crippen LogP contribution in [-0.2, 0) is 0 Å². The largest absolute Gasteiger partial charge is 0.317 e. The second-order valence-electron chi connectivity index (χ2n) is 4.15. The van der Waals surface area contributed by atoms with Gasteiger partial charge >= 0.3 is 0 Å². The Morgan fingerprint density at radius 1 is 0.923 bits per heavy atom. The van der Waals surface area contributed by atoms with Crippen molar-refractivity contribution in [3.05, 3.63) is 0 Å². The second-order valence-corrected chi connectivity index (χ2v) is 5.91. The number of hydrogen-bond acceptors (Lipinski definition) is 1.